The van der Waals surface area contributed by atoms with Crippen LogP contribution in [0.25, 0.3) is 23.1 Å². The van der Waals surface area contributed by atoms with Gasteiger partial charge in [-0.2, -0.15) is 0 Å². The van der Waals surface area contributed by atoms with Crippen LogP contribution in [0.4, 0.5) is 0 Å². The van der Waals surface area contributed by atoms with E-state index in [1.54, 1.807) is 22.8 Å². The van der Waals surface area contributed by atoms with Gasteiger partial charge in [-0.1, -0.05) is 41.4 Å². The Labute approximate surface area is 168 Å². The summed E-state index contributed by atoms with van der Waals surface area (Å²) in [5.41, 5.74) is 1.54. The third-order valence-corrected chi connectivity index (χ3v) is 4.72. The third-order valence-electron chi connectivity index (χ3n) is 4.23. The van der Waals surface area contributed by atoms with Crippen LogP contribution >= 0.6 is 23.2 Å². The Morgan fingerprint density at radius 3 is 2.44 bits per heavy atom. The highest BCUT2D eigenvalue weighted by molar-refractivity contribution is 6.31. The van der Waals surface area contributed by atoms with Crippen LogP contribution in [-0.2, 0) is 6.54 Å². The molecule has 1 heterocycles. The van der Waals surface area contributed by atoms with Crippen molar-refractivity contribution >= 4 is 46.3 Å². The van der Waals surface area contributed by atoms with Crippen LogP contribution < -0.4 is 5.56 Å². The highest BCUT2D eigenvalue weighted by Crippen LogP contribution is 2.17. The van der Waals surface area contributed by atoms with Crippen molar-refractivity contribution < 1.29 is 0 Å². The molecule has 0 atom stereocenters. The molecule has 27 heavy (non-hydrogen) atoms. The van der Waals surface area contributed by atoms with Crippen molar-refractivity contribution in [1.82, 2.24) is 14.5 Å². The molecule has 140 valence electrons. The minimum absolute atomic E-state index is 0.0498. The first-order valence-electron chi connectivity index (χ1n) is 8.72. The van der Waals surface area contributed by atoms with E-state index < -0.39 is 0 Å². The van der Waals surface area contributed by atoms with E-state index in [4.69, 9.17) is 23.2 Å². The van der Waals surface area contributed by atoms with Crippen LogP contribution in [0, 0.1) is 0 Å². The number of benzene rings is 2. The quantitative estimate of drug-likeness (QED) is 0.593. The van der Waals surface area contributed by atoms with Gasteiger partial charge in [-0.25, -0.2) is 4.98 Å². The fraction of sp³-hybridized carbons (Fsp3) is 0.238. The Morgan fingerprint density at radius 2 is 1.74 bits per heavy atom. The van der Waals surface area contributed by atoms with Crippen molar-refractivity contribution in [3.8, 4) is 0 Å². The molecule has 3 aromatic rings. The summed E-state index contributed by atoms with van der Waals surface area (Å²) in [5.74, 6) is 0.614. The Morgan fingerprint density at radius 1 is 1.04 bits per heavy atom. The number of hydrogen-bond acceptors (Lipinski definition) is 3. The van der Waals surface area contributed by atoms with Gasteiger partial charge in [0.05, 0.1) is 10.9 Å². The summed E-state index contributed by atoms with van der Waals surface area (Å²) < 4.78 is 1.73. The summed E-state index contributed by atoms with van der Waals surface area (Å²) in [4.78, 5) is 19.8. The van der Waals surface area contributed by atoms with E-state index in [2.05, 4.69) is 9.88 Å². The standard InChI is InChI=1S/C21H21Cl2N3O/c1-25(2)12-3-13-26-20(11-6-15-4-7-16(22)8-5-15)24-19-14-17(23)9-10-18(19)21(26)27/h4-11,14H,3,12-13H2,1-2H3/b11-6+. The van der Waals surface area contributed by atoms with E-state index in [0.717, 1.165) is 18.5 Å². The molecule has 6 heteroatoms. The second kappa shape index (κ2) is 8.70. The molecular weight excluding hydrogens is 381 g/mol. The van der Waals surface area contributed by atoms with Crippen LogP contribution in [0.2, 0.25) is 10.0 Å². The van der Waals surface area contributed by atoms with Crippen LogP contribution in [0.1, 0.15) is 17.8 Å². The Balaban J connectivity index is 2.04. The normalized spacial score (nSPS) is 11.7. The van der Waals surface area contributed by atoms with Crippen molar-refractivity contribution in [2.75, 3.05) is 20.6 Å². The fourth-order valence-electron chi connectivity index (χ4n) is 2.84. The first-order valence-corrected chi connectivity index (χ1v) is 9.48. The Kier molecular flexibility index (Phi) is 6.32. The molecule has 0 bridgehead atoms. The highest BCUT2D eigenvalue weighted by atomic mass is 35.5. The lowest BCUT2D eigenvalue weighted by molar-refractivity contribution is 0.384. The molecule has 0 spiro atoms. The summed E-state index contributed by atoms with van der Waals surface area (Å²) in [6.07, 6.45) is 4.65. The maximum atomic E-state index is 13.0. The van der Waals surface area contributed by atoms with E-state index in [1.165, 1.54) is 0 Å². The average Bonchev–Trinajstić information content (AvgIpc) is 2.63. The first kappa shape index (κ1) is 19.6. The average molecular weight is 402 g/mol. The summed E-state index contributed by atoms with van der Waals surface area (Å²) in [7, 11) is 4.04. The lowest BCUT2D eigenvalue weighted by atomic mass is 10.2. The second-order valence-electron chi connectivity index (χ2n) is 6.63. The van der Waals surface area contributed by atoms with Crippen molar-refractivity contribution in [2.45, 2.75) is 13.0 Å². The van der Waals surface area contributed by atoms with Gasteiger partial charge in [0.25, 0.3) is 5.56 Å². The summed E-state index contributed by atoms with van der Waals surface area (Å²) in [6, 6.07) is 12.7. The number of rotatable bonds is 6. The van der Waals surface area contributed by atoms with Crippen molar-refractivity contribution in [2.24, 2.45) is 0 Å². The molecule has 0 radical (unpaired) electrons. The van der Waals surface area contributed by atoms with Gasteiger partial charge in [0.15, 0.2) is 0 Å². The smallest absolute Gasteiger partial charge is 0.261 e. The van der Waals surface area contributed by atoms with Gasteiger partial charge in [-0.15, -0.1) is 0 Å². The molecule has 0 saturated carbocycles. The van der Waals surface area contributed by atoms with E-state index in [-0.39, 0.29) is 5.56 Å². The zero-order chi connectivity index (χ0) is 19.4. The largest absolute Gasteiger partial charge is 0.309 e. The first-order chi connectivity index (χ1) is 12.9. The molecule has 1 aromatic heterocycles. The predicted octanol–water partition coefficient (Wildman–Crippen LogP) is 4.83. The van der Waals surface area contributed by atoms with Crippen LogP contribution in [0.15, 0.2) is 47.3 Å². The predicted molar refractivity (Wildman–Crippen MR) is 115 cm³/mol. The monoisotopic (exact) mass is 401 g/mol. The third kappa shape index (κ3) is 4.98. The lowest BCUT2D eigenvalue weighted by Gasteiger charge is -2.13. The molecule has 0 fully saturated rings. The minimum Gasteiger partial charge on any atom is -0.309 e. The van der Waals surface area contributed by atoms with Gasteiger partial charge in [-0.3, -0.25) is 9.36 Å². The SMILES string of the molecule is CN(C)CCCn1c(/C=C/c2ccc(Cl)cc2)nc2cc(Cl)ccc2c1=O. The molecule has 4 nitrogen and oxygen atoms in total. The molecule has 0 unspecified atom stereocenters. The Hall–Kier alpha value is -2.14. The van der Waals surface area contributed by atoms with Gasteiger partial charge in [0.1, 0.15) is 5.82 Å². The maximum absolute atomic E-state index is 13.0. The maximum Gasteiger partial charge on any atom is 0.261 e. The molecule has 3 rings (SSSR count). The minimum atomic E-state index is -0.0498. The topological polar surface area (TPSA) is 38.1 Å². The fourth-order valence-corrected chi connectivity index (χ4v) is 3.14. The van der Waals surface area contributed by atoms with Gasteiger partial charge in [-0.05, 0) is 69.0 Å². The Bertz CT molecular complexity index is 1020. The molecule has 0 N–H and O–H groups in total. The lowest BCUT2D eigenvalue weighted by Crippen LogP contribution is -2.26. The highest BCUT2D eigenvalue weighted by Gasteiger charge is 2.10. The number of fused-ring (bicyclic) bond motifs is 1. The number of nitrogens with zero attached hydrogens (tertiary/aromatic N) is 3. The number of halogens is 2. The van der Waals surface area contributed by atoms with Gasteiger partial charge < -0.3 is 4.90 Å². The van der Waals surface area contributed by atoms with Crippen LogP contribution in [-0.4, -0.2) is 35.1 Å². The molecule has 0 saturated heterocycles. The van der Waals surface area contributed by atoms with Crippen LogP contribution in [0.3, 0.4) is 0 Å². The molecule has 0 aliphatic heterocycles. The van der Waals surface area contributed by atoms with Crippen molar-refractivity contribution in [3.63, 3.8) is 0 Å². The number of hydrogen-bond donors (Lipinski definition) is 0. The van der Waals surface area contributed by atoms with Gasteiger partial charge in [0, 0.05) is 16.6 Å². The zero-order valence-corrected chi connectivity index (χ0v) is 16.8. The molecule has 0 amide bonds. The summed E-state index contributed by atoms with van der Waals surface area (Å²) >= 11 is 12.0. The summed E-state index contributed by atoms with van der Waals surface area (Å²) in [5, 5.41) is 1.83. The van der Waals surface area contributed by atoms with E-state index in [9.17, 15) is 4.79 Å². The number of aromatic nitrogens is 2. The van der Waals surface area contributed by atoms with Gasteiger partial charge in [0.2, 0.25) is 0 Å². The molecule has 2 aromatic carbocycles. The van der Waals surface area contributed by atoms with Crippen molar-refractivity contribution in [1.29, 1.82) is 0 Å². The zero-order valence-electron chi connectivity index (χ0n) is 15.3. The van der Waals surface area contributed by atoms with E-state index in [0.29, 0.717) is 33.3 Å². The molecule has 0 aliphatic carbocycles. The second-order valence-corrected chi connectivity index (χ2v) is 7.50. The van der Waals surface area contributed by atoms with Gasteiger partial charge >= 0.3 is 0 Å². The molecular formula is C21H21Cl2N3O. The van der Waals surface area contributed by atoms with Crippen LogP contribution in [0.5, 0.6) is 0 Å². The van der Waals surface area contributed by atoms with Crippen molar-refractivity contribution in [3.05, 3.63) is 74.3 Å². The van der Waals surface area contributed by atoms with E-state index >= 15 is 0 Å². The summed E-state index contributed by atoms with van der Waals surface area (Å²) in [6.45, 7) is 1.49. The molecule has 0 aliphatic rings. The van der Waals surface area contributed by atoms with E-state index in [1.807, 2.05) is 50.5 Å².